The molecule has 0 radical (unpaired) electrons. The van der Waals surface area contributed by atoms with Crippen molar-refractivity contribution in [2.24, 2.45) is 0 Å². The minimum absolute atomic E-state index is 0.142. The summed E-state index contributed by atoms with van der Waals surface area (Å²) >= 11 is 0. The highest BCUT2D eigenvalue weighted by Gasteiger charge is 2.50. The van der Waals surface area contributed by atoms with Crippen molar-refractivity contribution in [1.29, 1.82) is 0 Å². The van der Waals surface area contributed by atoms with Crippen LogP contribution in [0.15, 0.2) is 30.3 Å². The number of benzene rings is 2. The second kappa shape index (κ2) is 10.9. The molecule has 13 heteroatoms. The Hall–Kier alpha value is -2.69. The lowest BCUT2D eigenvalue weighted by Crippen LogP contribution is -2.60. The minimum Gasteiger partial charge on any atom is -0.507 e. The Bertz CT molecular complexity index is 1270. The van der Waals surface area contributed by atoms with Gasteiger partial charge in [-0.05, 0) is 35.7 Å². The van der Waals surface area contributed by atoms with Crippen molar-refractivity contribution in [3.63, 3.8) is 0 Å². The highest BCUT2D eigenvalue weighted by molar-refractivity contribution is 6.16. The van der Waals surface area contributed by atoms with E-state index in [1.165, 1.54) is 37.3 Å². The van der Waals surface area contributed by atoms with Crippen molar-refractivity contribution in [3.8, 4) is 11.5 Å². The van der Waals surface area contributed by atoms with Crippen LogP contribution in [0.2, 0.25) is 0 Å². The number of aromatic hydroxyl groups is 2. The van der Waals surface area contributed by atoms with Crippen LogP contribution in [0, 0.1) is 0 Å². The average molecular weight is 565 g/mol. The van der Waals surface area contributed by atoms with E-state index in [9.17, 15) is 50.8 Å². The number of fused-ring (bicyclic) bond motifs is 2. The summed E-state index contributed by atoms with van der Waals surface area (Å²) in [4.78, 5) is 13.5. The molecule has 0 aromatic heterocycles. The van der Waals surface area contributed by atoms with Gasteiger partial charge in [0.2, 0.25) is 5.78 Å². The molecule has 1 unspecified atom stereocenters. The smallest absolute Gasteiger partial charge is 0.201 e. The third kappa shape index (κ3) is 4.67. The molecule has 9 N–H and O–H groups in total. The fourth-order valence-electron chi connectivity index (χ4n) is 5.73. The Kier molecular flexibility index (Phi) is 7.89. The predicted octanol–water partition coefficient (Wildman–Crippen LogP) is -2.04. The molecule has 3 aliphatic rings. The number of rotatable bonds is 5. The first-order chi connectivity index (χ1) is 19.0. The van der Waals surface area contributed by atoms with Crippen LogP contribution in [0.4, 0.5) is 0 Å². The van der Waals surface area contributed by atoms with Gasteiger partial charge in [0.05, 0.1) is 36.5 Å². The van der Waals surface area contributed by atoms with Crippen molar-refractivity contribution in [1.82, 2.24) is 0 Å². The Balaban J connectivity index is 1.55. The van der Waals surface area contributed by atoms with Gasteiger partial charge in [0.25, 0.3) is 0 Å². The van der Waals surface area contributed by atoms with Crippen molar-refractivity contribution >= 4 is 5.78 Å². The van der Waals surface area contributed by atoms with Crippen molar-refractivity contribution < 1.29 is 65.0 Å². The Labute approximate surface area is 228 Å². The second-order valence-corrected chi connectivity index (χ2v) is 10.4. The third-order valence-electron chi connectivity index (χ3n) is 7.89. The van der Waals surface area contributed by atoms with Crippen LogP contribution in [-0.2, 0) is 20.8 Å². The SMILES string of the molecule is C[C@@H]1O[C@H](OCc2cc(O)c3c(c2)[C@H](C2O[C@H](CO)[C@@H](O)[C@H](O)[C@H]2O)c2cccc(O)c2C3=O)[C@H](O)[C@H](O)[C@H]1O. The summed E-state index contributed by atoms with van der Waals surface area (Å²) in [6.45, 7) is 0.514. The summed E-state index contributed by atoms with van der Waals surface area (Å²) in [7, 11) is 0. The molecule has 0 bridgehead atoms. The summed E-state index contributed by atoms with van der Waals surface area (Å²) in [5, 5.41) is 93.2. The number of carbonyl (C=O) groups is 1. The van der Waals surface area contributed by atoms with Gasteiger partial charge in [-0.25, -0.2) is 0 Å². The maximum atomic E-state index is 13.5. The van der Waals surface area contributed by atoms with E-state index in [-0.39, 0.29) is 40.2 Å². The highest BCUT2D eigenvalue weighted by Crippen LogP contribution is 2.47. The Morgan fingerprint density at radius 3 is 2.17 bits per heavy atom. The van der Waals surface area contributed by atoms with Gasteiger partial charge in [0.1, 0.15) is 54.2 Å². The Morgan fingerprint density at radius 2 is 1.48 bits per heavy atom. The number of ether oxygens (including phenoxy) is 3. The lowest BCUT2D eigenvalue weighted by Gasteiger charge is -2.45. The molecule has 2 aliphatic heterocycles. The van der Waals surface area contributed by atoms with Crippen LogP contribution < -0.4 is 0 Å². The number of phenols is 2. The molecule has 0 amide bonds. The van der Waals surface area contributed by atoms with E-state index in [4.69, 9.17) is 14.2 Å². The number of hydrogen-bond donors (Lipinski definition) is 9. The van der Waals surface area contributed by atoms with Crippen LogP contribution in [0.5, 0.6) is 11.5 Å². The van der Waals surface area contributed by atoms with Crippen LogP contribution >= 0.6 is 0 Å². The zero-order valence-corrected chi connectivity index (χ0v) is 21.3. The monoisotopic (exact) mass is 564 g/mol. The van der Waals surface area contributed by atoms with Gasteiger partial charge < -0.3 is 60.2 Å². The number of carbonyl (C=O) groups excluding carboxylic acids is 1. The predicted molar refractivity (Wildman–Crippen MR) is 132 cm³/mol. The van der Waals surface area contributed by atoms with Crippen molar-refractivity contribution in [2.45, 2.75) is 80.7 Å². The second-order valence-electron chi connectivity index (χ2n) is 10.4. The summed E-state index contributed by atoms with van der Waals surface area (Å²) in [5.41, 5.74) is 0.319. The highest BCUT2D eigenvalue weighted by atomic mass is 16.7. The van der Waals surface area contributed by atoms with E-state index in [1.807, 2.05) is 0 Å². The zero-order chi connectivity index (χ0) is 29.0. The van der Waals surface area contributed by atoms with Gasteiger partial charge in [-0.2, -0.15) is 0 Å². The number of hydrogen-bond acceptors (Lipinski definition) is 13. The standard InChI is InChI=1S/C27H32O13/c1-9-19(31)22(34)25(37)27(39-9)38-8-10-5-12-16(26-24(36)23(35)20(32)15(7-28)40-26)11-3-2-4-13(29)17(11)21(33)18(12)14(30)6-10/h2-6,9,15-16,19-20,22-32,34-37H,7-8H2,1H3/t9-,15+,16+,19-,20+,22+,23-,24+,25+,26?,27-/m0/s1. The summed E-state index contributed by atoms with van der Waals surface area (Å²) in [5.74, 6) is -2.64. The van der Waals surface area contributed by atoms with Gasteiger partial charge in [0.15, 0.2) is 6.29 Å². The van der Waals surface area contributed by atoms with E-state index in [1.54, 1.807) is 0 Å². The number of aliphatic hydroxyl groups is 7. The molecule has 1 aliphatic carbocycles. The molecular weight excluding hydrogens is 532 g/mol. The molecule has 0 saturated carbocycles. The van der Waals surface area contributed by atoms with E-state index in [2.05, 4.69) is 0 Å². The molecule has 13 nitrogen and oxygen atoms in total. The molecule has 2 fully saturated rings. The number of aliphatic hydroxyl groups excluding tert-OH is 7. The lowest BCUT2D eigenvalue weighted by atomic mass is 9.71. The maximum Gasteiger partial charge on any atom is 0.201 e. The van der Waals surface area contributed by atoms with Gasteiger partial charge in [-0.15, -0.1) is 0 Å². The maximum absolute atomic E-state index is 13.5. The minimum atomic E-state index is -1.72. The molecule has 2 saturated heterocycles. The molecule has 11 atom stereocenters. The fraction of sp³-hybridized carbons (Fsp3) is 0.519. The first-order valence-electron chi connectivity index (χ1n) is 12.8. The number of phenolic OH excluding ortho intramolecular Hbond substituents is 2. The van der Waals surface area contributed by atoms with Crippen LogP contribution in [0.25, 0.3) is 0 Å². The van der Waals surface area contributed by atoms with E-state index in [0.717, 1.165) is 0 Å². The zero-order valence-electron chi connectivity index (χ0n) is 21.3. The van der Waals surface area contributed by atoms with Gasteiger partial charge in [-0.1, -0.05) is 18.2 Å². The third-order valence-corrected chi connectivity index (χ3v) is 7.89. The van der Waals surface area contributed by atoms with Crippen molar-refractivity contribution in [3.05, 3.63) is 58.1 Å². The molecular formula is C27H32O13. The molecule has 0 spiro atoms. The number of ketones is 1. The van der Waals surface area contributed by atoms with E-state index < -0.39 is 85.3 Å². The summed E-state index contributed by atoms with van der Waals surface area (Å²) in [6, 6.07) is 6.99. The van der Waals surface area contributed by atoms with E-state index >= 15 is 0 Å². The first kappa shape index (κ1) is 28.8. The quantitative estimate of drug-likeness (QED) is 0.191. The van der Waals surface area contributed by atoms with Crippen LogP contribution in [-0.4, -0.2) is 120 Å². The normalized spacial score (nSPS) is 37.6. The van der Waals surface area contributed by atoms with Gasteiger partial charge in [-0.3, -0.25) is 4.79 Å². The largest absolute Gasteiger partial charge is 0.507 e. The molecule has 5 rings (SSSR count). The van der Waals surface area contributed by atoms with Crippen LogP contribution in [0.1, 0.15) is 45.5 Å². The molecule has 40 heavy (non-hydrogen) atoms. The first-order valence-corrected chi connectivity index (χ1v) is 12.8. The fourth-order valence-corrected chi connectivity index (χ4v) is 5.73. The molecule has 2 aromatic rings. The van der Waals surface area contributed by atoms with E-state index in [0.29, 0.717) is 0 Å². The molecule has 218 valence electrons. The average Bonchev–Trinajstić information content (AvgIpc) is 2.92. The van der Waals surface area contributed by atoms with Gasteiger partial charge >= 0.3 is 0 Å². The van der Waals surface area contributed by atoms with Crippen LogP contribution in [0.3, 0.4) is 0 Å². The molecule has 2 aromatic carbocycles. The summed E-state index contributed by atoms with van der Waals surface area (Å²) < 4.78 is 16.9. The molecule has 2 heterocycles. The topological polar surface area (TPSA) is 227 Å². The lowest BCUT2D eigenvalue weighted by molar-refractivity contribution is -0.296. The van der Waals surface area contributed by atoms with Crippen molar-refractivity contribution in [2.75, 3.05) is 6.61 Å². The Morgan fingerprint density at radius 1 is 0.800 bits per heavy atom. The van der Waals surface area contributed by atoms with Gasteiger partial charge in [0, 0.05) is 5.92 Å². The summed E-state index contributed by atoms with van der Waals surface area (Å²) in [6.07, 6.45) is -14.2.